The molecule has 1 heterocycles. The zero-order chi connectivity index (χ0) is 21.6. The predicted molar refractivity (Wildman–Crippen MR) is 113 cm³/mol. The second-order valence-corrected chi connectivity index (χ2v) is 7.53. The minimum absolute atomic E-state index is 0.181. The first-order valence-corrected chi connectivity index (χ1v) is 10.2. The summed E-state index contributed by atoms with van der Waals surface area (Å²) in [6.45, 7) is 13.4. The summed E-state index contributed by atoms with van der Waals surface area (Å²) in [5.74, 6) is -0.637. The van der Waals surface area contributed by atoms with E-state index in [1.54, 1.807) is 30.0 Å². The number of nitrogens with zero attached hydrogens (tertiary/aromatic N) is 4. The minimum atomic E-state index is -0.467. The van der Waals surface area contributed by atoms with Crippen molar-refractivity contribution in [1.29, 1.82) is 0 Å². The highest BCUT2D eigenvalue weighted by Gasteiger charge is 2.23. The van der Waals surface area contributed by atoms with Gasteiger partial charge in [-0.25, -0.2) is 9.07 Å². The fourth-order valence-electron chi connectivity index (χ4n) is 3.23. The second kappa shape index (κ2) is 10.3. The summed E-state index contributed by atoms with van der Waals surface area (Å²) in [6.07, 6.45) is 0. The molecule has 0 bridgehead atoms. The van der Waals surface area contributed by atoms with Crippen molar-refractivity contribution in [2.24, 2.45) is 5.92 Å². The van der Waals surface area contributed by atoms with Crippen LogP contribution in [-0.4, -0.2) is 58.2 Å². The van der Waals surface area contributed by atoms with Crippen LogP contribution in [0.15, 0.2) is 35.1 Å². The van der Waals surface area contributed by atoms with Crippen molar-refractivity contribution in [2.75, 3.05) is 32.7 Å². The number of aryl methyl sites for hydroxylation is 1. The number of hydrogen-bond acceptors (Lipinski definition) is 4. The molecule has 6 nitrogen and oxygen atoms in total. The fraction of sp³-hybridized carbons (Fsp3) is 0.500. The Balaban J connectivity index is 2.41. The number of rotatable bonds is 9. The maximum absolute atomic E-state index is 14.3. The largest absolute Gasteiger partial charge is 0.336 e. The van der Waals surface area contributed by atoms with Gasteiger partial charge in [0.1, 0.15) is 11.5 Å². The molecule has 0 aliphatic rings. The highest BCUT2D eigenvalue weighted by atomic mass is 19.1. The molecule has 0 saturated carbocycles. The van der Waals surface area contributed by atoms with Crippen LogP contribution in [0, 0.1) is 18.7 Å². The second-order valence-electron chi connectivity index (χ2n) is 7.53. The number of aromatic nitrogens is 2. The van der Waals surface area contributed by atoms with Gasteiger partial charge in [-0.15, -0.1) is 0 Å². The molecule has 0 aliphatic heterocycles. The van der Waals surface area contributed by atoms with E-state index in [1.165, 1.54) is 16.8 Å². The Bertz CT molecular complexity index is 891. The van der Waals surface area contributed by atoms with E-state index in [9.17, 15) is 14.0 Å². The number of amides is 1. The van der Waals surface area contributed by atoms with Crippen LogP contribution in [0.2, 0.25) is 0 Å². The predicted octanol–water partition coefficient (Wildman–Crippen LogP) is 3.12. The molecule has 0 spiro atoms. The lowest BCUT2D eigenvalue weighted by Gasteiger charge is -2.27. The third-order valence-corrected chi connectivity index (χ3v) is 4.84. The van der Waals surface area contributed by atoms with Crippen LogP contribution in [0.5, 0.6) is 0 Å². The number of para-hydroxylation sites is 1. The highest BCUT2D eigenvalue weighted by molar-refractivity contribution is 5.92. The number of carbonyl (C=O) groups excluding carboxylic acids is 1. The van der Waals surface area contributed by atoms with Gasteiger partial charge in [0.2, 0.25) is 5.43 Å². The van der Waals surface area contributed by atoms with Gasteiger partial charge >= 0.3 is 0 Å². The molecule has 7 heteroatoms. The zero-order valence-electron chi connectivity index (χ0n) is 18.0. The number of halogens is 1. The van der Waals surface area contributed by atoms with Crippen LogP contribution in [0.3, 0.4) is 0 Å². The fourth-order valence-corrected chi connectivity index (χ4v) is 3.23. The van der Waals surface area contributed by atoms with Crippen LogP contribution in [0.4, 0.5) is 4.39 Å². The van der Waals surface area contributed by atoms with Gasteiger partial charge in [-0.05, 0) is 38.1 Å². The molecule has 1 amide bonds. The smallest absolute Gasteiger partial charge is 0.278 e. The third kappa shape index (κ3) is 5.73. The molecule has 0 fully saturated rings. The average Bonchev–Trinajstić information content (AvgIpc) is 2.68. The first-order chi connectivity index (χ1) is 13.8. The molecule has 0 radical (unpaired) electrons. The lowest BCUT2D eigenvalue weighted by Crippen LogP contribution is -2.43. The number of benzene rings is 1. The topological polar surface area (TPSA) is 58.4 Å². The third-order valence-electron chi connectivity index (χ3n) is 4.84. The van der Waals surface area contributed by atoms with Gasteiger partial charge in [0.15, 0.2) is 5.69 Å². The van der Waals surface area contributed by atoms with Crippen LogP contribution in [-0.2, 0) is 0 Å². The molecule has 0 atom stereocenters. The van der Waals surface area contributed by atoms with E-state index in [2.05, 4.69) is 23.8 Å². The summed E-state index contributed by atoms with van der Waals surface area (Å²) in [6, 6.07) is 7.50. The van der Waals surface area contributed by atoms with E-state index in [1.807, 2.05) is 13.8 Å². The zero-order valence-corrected chi connectivity index (χ0v) is 18.0. The molecule has 2 aromatic rings. The van der Waals surface area contributed by atoms with E-state index in [4.69, 9.17) is 0 Å². The van der Waals surface area contributed by atoms with Gasteiger partial charge in [0, 0.05) is 31.4 Å². The average molecular weight is 403 g/mol. The molecule has 0 N–H and O–H groups in total. The Morgan fingerprint density at radius 3 is 2.41 bits per heavy atom. The maximum Gasteiger partial charge on any atom is 0.278 e. The molecule has 0 unspecified atom stereocenters. The molecule has 29 heavy (non-hydrogen) atoms. The summed E-state index contributed by atoms with van der Waals surface area (Å²) >= 11 is 0. The van der Waals surface area contributed by atoms with E-state index < -0.39 is 17.2 Å². The monoisotopic (exact) mass is 402 g/mol. The van der Waals surface area contributed by atoms with E-state index in [-0.39, 0.29) is 17.3 Å². The van der Waals surface area contributed by atoms with Crippen molar-refractivity contribution in [2.45, 2.75) is 34.6 Å². The minimum Gasteiger partial charge on any atom is -0.336 e. The number of likely N-dealkylation sites (N-methyl/N-ethyl adjacent to an activating group) is 1. The Labute approximate surface area is 171 Å². The number of carbonyl (C=O) groups is 1. The molecule has 0 saturated heterocycles. The first kappa shape index (κ1) is 22.7. The molecule has 1 aromatic carbocycles. The Kier molecular flexibility index (Phi) is 8.08. The highest BCUT2D eigenvalue weighted by Crippen LogP contribution is 2.14. The SMILES string of the molecule is CCN(CC)CCN(CC(C)C)C(=O)c1nn(-c2ccccc2F)c(C)cc1=O. The summed E-state index contributed by atoms with van der Waals surface area (Å²) in [4.78, 5) is 29.7. The van der Waals surface area contributed by atoms with Crippen LogP contribution < -0.4 is 5.43 Å². The van der Waals surface area contributed by atoms with Crippen molar-refractivity contribution < 1.29 is 9.18 Å². The van der Waals surface area contributed by atoms with Crippen molar-refractivity contribution in [1.82, 2.24) is 19.6 Å². The molecule has 158 valence electrons. The number of hydrogen-bond donors (Lipinski definition) is 0. The molecule has 1 aromatic heterocycles. The van der Waals surface area contributed by atoms with Gasteiger partial charge in [-0.2, -0.15) is 5.10 Å². The van der Waals surface area contributed by atoms with Crippen LogP contribution in [0.1, 0.15) is 43.9 Å². The van der Waals surface area contributed by atoms with E-state index >= 15 is 0 Å². The lowest BCUT2D eigenvalue weighted by atomic mass is 10.2. The Morgan fingerprint density at radius 1 is 1.17 bits per heavy atom. The summed E-state index contributed by atoms with van der Waals surface area (Å²) in [7, 11) is 0. The van der Waals surface area contributed by atoms with Crippen molar-refractivity contribution >= 4 is 5.91 Å². The van der Waals surface area contributed by atoms with Gasteiger partial charge in [0.25, 0.3) is 5.91 Å². The van der Waals surface area contributed by atoms with E-state index in [0.717, 1.165) is 19.6 Å². The molecular weight excluding hydrogens is 371 g/mol. The summed E-state index contributed by atoms with van der Waals surface area (Å²) in [5, 5.41) is 4.26. The Morgan fingerprint density at radius 2 is 1.83 bits per heavy atom. The Hall–Kier alpha value is -2.54. The van der Waals surface area contributed by atoms with Gasteiger partial charge in [-0.1, -0.05) is 39.8 Å². The van der Waals surface area contributed by atoms with Gasteiger partial charge in [-0.3, -0.25) is 9.59 Å². The maximum atomic E-state index is 14.3. The standard InChI is InChI=1S/C22H31FN4O2/c1-6-25(7-2)12-13-26(15-16(3)4)22(29)21-20(28)14-17(5)27(24-21)19-11-9-8-10-18(19)23/h8-11,14,16H,6-7,12-13,15H2,1-5H3. The summed E-state index contributed by atoms with van der Waals surface area (Å²) in [5.41, 5.74) is 0.0449. The van der Waals surface area contributed by atoms with E-state index in [0.29, 0.717) is 18.8 Å². The van der Waals surface area contributed by atoms with Crippen molar-refractivity contribution in [3.8, 4) is 5.69 Å². The molecule has 2 rings (SSSR count). The van der Waals surface area contributed by atoms with Crippen molar-refractivity contribution in [3.63, 3.8) is 0 Å². The van der Waals surface area contributed by atoms with Gasteiger partial charge in [0.05, 0.1) is 0 Å². The molecular formula is C22H31FN4O2. The molecule has 0 aliphatic carbocycles. The lowest BCUT2D eigenvalue weighted by molar-refractivity contribution is 0.0707. The van der Waals surface area contributed by atoms with Crippen molar-refractivity contribution in [3.05, 3.63) is 57.8 Å². The van der Waals surface area contributed by atoms with Gasteiger partial charge < -0.3 is 9.80 Å². The van der Waals surface area contributed by atoms with Crippen LogP contribution >= 0.6 is 0 Å². The van der Waals surface area contributed by atoms with Crippen LogP contribution in [0.25, 0.3) is 5.69 Å². The summed E-state index contributed by atoms with van der Waals surface area (Å²) < 4.78 is 15.6. The normalized spacial score (nSPS) is 11.3. The first-order valence-electron chi connectivity index (χ1n) is 10.2. The quantitative estimate of drug-likeness (QED) is 0.647.